The smallest absolute Gasteiger partial charge is 0.246 e. The van der Waals surface area contributed by atoms with Crippen molar-refractivity contribution in [3.8, 4) is 28.1 Å². The number of aromatic nitrogens is 2. The van der Waals surface area contributed by atoms with Crippen LogP contribution in [0.5, 0.6) is 5.75 Å². The van der Waals surface area contributed by atoms with E-state index in [4.69, 9.17) is 27.9 Å². The number of ether oxygens (including phenoxy) is 1. The highest BCUT2D eigenvalue weighted by Crippen LogP contribution is 2.43. The van der Waals surface area contributed by atoms with Gasteiger partial charge in [-0.15, -0.1) is 0 Å². The first-order valence-corrected chi connectivity index (χ1v) is 10.1. The van der Waals surface area contributed by atoms with Gasteiger partial charge in [0.15, 0.2) is 0 Å². The zero-order valence-corrected chi connectivity index (χ0v) is 18.0. The Morgan fingerprint density at radius 1 is 1.16 bits per heavy atom. The van der Waals surface area contributed by atoms with Crippen LogP contribution in [0.1, 0.15) is 5.82 Å². The van der Waals surface area contributed by atoms with Gasteiger partial charge in [-0.1, -0.05) is 29.8 Å². The molecule has 0 N–H and O–H groups in total. The summed E-state index contributed by atoms with van der Waals surface area (Å²) in [6.07, 6.45) is 2.86. The fourth-order valence-corrected chi connectivity index (χ4v) is 4.27. The second-order valence-electron chi connectivity index (χ2n) is 6.93. The Morgan fingerprint density at radius 2 is 1.94 bits per heavy atom. The van der Waals surface area contributed by atoms with E-state index in [0.29, 0.717) is 36.7 Å². The number of carbonyl (C=O) groups excluding carboxylic acids is 1. The molecule has 31 heavy (non-hydrogen) atoms. The van der Waals surface area contributed by atoms with Crippen LogP contribution in [-0.2, 0) is 17.9 Å². The first-order chi connectivity index (χ1) is 14.8. The SMILES string of the molecule is C=CC(=O)N1CCn2c(-c3cc(F)c(-c4c(F)ccc(Cl)c4OC)c(Cl)c3)cnc2C1. The van der Waals surface area contributed by atoms with E-state index in [1.54, 1.807) is 17.2 Å². The Kier molecular flexibility index (Phi) is 5.73. The van der Waals surface area contributed by atoms with E-state index in [-0.39, 0.29) is 32.8 Å². The van der Waals surface area contributed by atoms with Crippen molar-refractivity contribution < 1.29 is 18.3 Å². The van der Waals surface area contributed by atoms with E-state index >= 15 is 4.39 Å². The van der Waals surface area contributed by atoms with Crippen molar-refractivity contribution in [3.05, 3.63) is 70.6 Å². The Labute approximate surface area is 187 Å². The molecule has 5 nitrogen and oxygen atoms in total. The van der Waals surface area contributed by atoms with Crippen LogP contribution in [0.15, 0.2) is 43.1 Å². The molecule has 9 heteroatoms. The van der Waals surface area contributed by atoms with Gasteiger partial charge in [-0.2, -0.15) is 0 Å². The fourth-order valence-electron chi connectivity index (χ4n) is 3.73. The van der Waals surface area contributed by atoms with Gasteiger partial charge in [0.25, 0.3) is 0 Å². The molecule has 1 amide bonds. The van der Waals surface area contributed by atoms with E-state index in [2.05, 4.69) is 11.6 Å². The Morgan fingerprint density at radius 3 is 2.61 bits per heavy atom. The molecule has 2 aromatic carbocycles. The Hall–Kier alpha value is -2.90. The minimum absolute atomic E-state index is 0.00364. The molecule has 3 aromatic rings. The summed E-state index contributed by atoms with van der Waals surface area (Å²) in [5, 5.41) is 0.145. The lowest BCUT2D eigenvalue weighted by atomic mass is 10.00. The molecule has 160 valence electrons. The van der Waals surface area contributed by atoms with Gasteiger partial charge in [-0.3, -0.25) is 4.79 Å². The molecule has 1 aromatic heterocycles. The Balaban J connectivity index is 1.78. The summed E-state index contributed by atoms with van der Waals surface area (Å²) in [5.41, 5.74) is 0.850. The van der Waals surface area contributed by atoms with Crippen molar-refractivity contribution in [2.75, 3.05) is 13.7 Å². The van der Waals surface area contributed by atoms with Gasteiger partial charge in [0, 0.05) is 24.2 Å². The number of nitrogens with zero attached hydrogens (tertiary/aromatic N) is 3. The van der Waals surface area contributed by atoms with Gasteiger partial charge in [0.2, 0.25) is 5.91 Å². The van der Waals surface area contributed by atoms with Gasteiger partial charge in [-0.05, 0) is 30.3 Å². The van der Waals surface area contributed by atoms with E-state index in [0.717, 1.165) is 6.07 Å². The lowest BCUT2D eigenvalue weighted by Crippen LogP contribution is -2.37. The zero-order chi connectivity index (χ0) is 22.3. The second-order valence-corrected chi connectivity index (χ2v) is 7.74. The van der Waals surface area contributed by atoms with Crippen LogP contribution >= 0.6 is 23.2 Å². The van der Waals surface area contributed by atoms with Gasteiger partial charge in [-0.25, -0.2) is 13.8 Å². The third kappa shape index (κ3) is 3.68. The summed E-state index contributed by atoms with van der Waals surface area (Å²) < 4.78 is 36.9. The van der Waals surface area contributed by atoms with Crippen LogP contribution < -0.4 is 4.74 Å². The van der Waals surface area contributed by atoms with Crippen LogP contribution in [-0.4, -0.2) is 34.0 Å². The molecule has 0 unspecified atom stereocenters. The van der Waals surface area contributed by atoms with Crippen molar-refractivity contribution in [2.24, 2.45) is 0 Å². The molecule has 0 radical (unpaired) electrons. The van der Waals surface area contributed by atoms with Crippen LogP contribution in [0.3, 0.4) is 0 Å². The highest BCUT2D eigenvalue weighted by molar-refractivity contribution is 6.35. The average molecular weight is 464 g/mol. The number of rotatable bonds is 4. The molecule has 0 saturated heterocycles. The molecule has 0 atom stereocenters. The summed E-state index contributed by atoms with van der Waals surface area (Å²) in [7, 11) is 1.32. The van der Waals surface area contributed by atoms with Gasteiger partial charge < -0.3 is 14.2 Å². The number of methoxy groups -OCH3 is 1. The van der Waals surface area contributed by atoms with Crippen molar-refractivity contribution in [1.82, 2.24) is 14.5 Å². The van der Waals surface area contributed by atoms with Crippen LogP contribution in [0.2, 0.25) is 10.0 Å². The monoisotopic (exact) mass is 463 g/mol. The first-order valence-electron chi connectivity index (χ1n) is 9.33. The minimum atomic E-state index is -0.725. The molecule has 1 aliphatic heterocycles. The number of fused-ring (bicyclic) bond motifs is 1. The molecular formula is C22H17Cl2F2N3O2. The normalized spacial score (nSPS) is 13.1. The standard InChI is InChI=1S/C22H17Cl2F2N3O2/c1-3-19(30)28-6-7-29-17(10-27-18(29)11-28)12-8-14(24)20(16(26)9-12)21-15(25)5-4-13(23)22(21)31-2/h3-5,8-10H,1,6-7,11H2,2H3. The number of hydrogen-bond acceptors (Lipinski definition) is 3. The molecule has 0 spiro atoms. The number of halogens is 4. The molecular weight excluding hydrogens is 447 g/mol. The predicted molar refractivity (Wildman–Crippen MR) is 115 cm³/mol. The summed E-state index contributed by atoms with van der Waals surface area (Å²) >= 11 is 12.5. The third-order valence-electron chi connectivity index (χ3n) is 5.20. The van der Waals surface area contributed by atoms with Crippen LogP contribution in [0, 0.1) is 11.6 Å². The number of amides is 1. The van der Waals surface area contributed by atoms with Crippen LogP contribution in [0.4, 0.5) is 8.78 Å². The first kappa shape index (κ1) is 21.3. The number of carbonyl (C=O) groups is 1. The molecule has 0 aliphatic carbocycles. The summed E-state index contributed by atoms with van der Waals surface area (Å²) in [6, 6.07) is 5.28. The van der Waals surface area contributed by atoms with Gasteiger partial charge in [0.1, 0.15) is 23.2 Å². The van der Waals surface area contributed by atoms with Crippen LogP contribution in [0.25, 0.3) is 22.4 Å². The zero-order valence-electron chi connectivity index (χ0n) is 16.5. The summed E-state index contributed by atoms with van der Waals surface area (Å²) in [5.74, 6) is -0.935. The molecule has 4 rings (SSSR count). The largest absolute Gasteiger partial charge is 0.494 e. The van der Waals surface area contributed by atoms with Gasteiger partial charge in [0.05, 0.1) is 41.2 Å². The summed E-state index contributed by atoms with van der Waals surface area (Å²) in [4.78, 5) is 17.9. The van der Waals surface area contributed by atoms with Crippen molar-refractivity contribution >= 4 is 29.1 Å². The highest BCUT2D eigenvalue weighted by Gasteiger charge is 2.25. The van der Waals surface area contributed by atoms with E-state index < -0.39 is 11.6 Å². The molecule has 0 saturated carbocycles. The number of benzene rings is 2. The maximum absolute atomic E-state index is 15.2. The molecule has 0 bridgehead atoms. The number of imidazole rings is 1. The van der Waals surface area contributed by atoms with E-state index in [1.165, 1.54) is 25.3 Å². The lowest BCUT2D eigenvalue weighted by molar-refractivity contribution is -0.127. The van der Waals surface area contributed by atoms with E-state index in [1.807, 2.05) is 4.57 Å². The fraction of sp³-hybridized carbons (Fsp3) is 0.182. The maximum Gasteiger partial charge on any atom is 0.246 e. The lowest BCUT2D eigenvalue weighted by Gasteiger charge is -2.27. The highest BCUT2D eigenvalue weighted by atomic mass is 35.5. The maximum atomic E-state index is 15.2. The molecule has 1 aliphatic rings. The van der Waals surface area contributed by atoms with E-state index in [9.17, 15) is 9.18 Å². The minimum Gasteiger partial charge on any atom is -0.494 e. The molecule has 2 heterocycles. The predicted octanol–water partition coefficient (Wildman–Crippen LogP) is 5.34. The van der Waals surface area contributed by atoms with Crippen molar-refractivity contribution in [1.29, 1.82) is 0 Å². The van der Waals surface area contributed by atoms with Crippen molar-refractivity contribution in [2.45, 2.75) is 13.1 Å². The average Bonchev–Trinajstić information content (AvgIpc) is 3.18. The quantitative estimate of drug-likeness (QED) is 0.490. The Bertz CT molecular complexity index is 1190. The molecule has 0 fully saturated rings. The van der Waals surface area contributed by atoms with Crippen molar-refractivity contribution in [3.63, 3.8) is 0 Å². The second kappa shape index (κ2) is 8.32. The third-order valence-corrected chi connectivity index (χ3v) is 5.80. The topological polar surface area (TPSA) is 47.4 Å². The summed E-state index contributed by atoms with van der Waals surface area (Å²) in [6.45, 7) is 4.79. The number of hydrogen-bond donors (Lipinski definition) is 0. The van der Waals surface area contributed by atoms with Gasteiger partial charge >= 0.3 is 0 Å².